The Labute approximate surface area is 122 Å². The molecule has 6 heteroatoms. The van der Waals surface area contributed by atoms with Gasteiger partial charge in [-0.3, -0.25) is 9.59 Å². The summed E-state index contributed by atoms with van der Waals surface area (Å²) >= 11 is 0. The molecular weight excluding hydrogens is 268 g/mol. The van der Waals surface area contributed by atoms with Crippen molar-refractivity contribution in [1.29, 1.82) is 5.26 Å². The molecule has 1 aliphatic carbocycles. The van der Waals surface area contributed by atoms with Gasteiger partial charge in [0.05, 0.1) is 17.6 Å². The Bertz CT molecular complexity index is 601. The van der Waals surface area contributed by atoms with E-state index < -0.39 is 0 Å². The summed E-state index contributed by atoms with van der Waals surface area (Å²) in [7, 11) is 0. The van der Waals surface area contributed by atoms with E-state index in [0.29, 0.717) is 30.0 Å². The van der Waals surface area contributed by atoms with Crippen LogP contribution in [0.15, 0.2) is 18.3 Å². The van der Waals surface area contributed by atoms with Crippen LogP contribution in [0, 0.1) is 17.2 Å². The number of hydrogen-bond donors (Lipinski definition) is 2. The fourth-order valence-electron chi connectivity index (χ4n) is 2.73. The number of carbonyl (C=O) groups is 2. The van der Waals surface area contributed by atoms with Crippen LogP contribution in [0.3, 0.4) is 0 Å². The number of rotatable bonds is 3. The molecule has 0 radical (unpaired) electrons. The van der Waals surface area contributed by atoms with Gasteiger partial charge in [-0.2, -0.15) is 5.26 Å². The third kappa shape index (κ3) is 3.02. The van der Waals surface area contributed by atoms with Crippen molar-refractivity contribution >= 4 is 11.8 Å². The molecule has 3 rings (SSSR count). The van der Waals surface area contributed by atoms with E-state index in [1.54, 1.807) is 12.1 Å². The normalized spacial score (nSPS) is 24.8. The third-order valence-corrected chi connectivity index (χ3v) is 4.02. The Morgan fingerprint density at radius 1 is 1.38 bits per heavy atom. The van der Waals surface area contributed by atoms with Crippen molar-refractivity contribution in [3.63, 3.8) is 0 Å². The molecule has 0 spiro atoms. The van der Waals surface area contributed by atoms with E-state index in [4.69, 9.17) is 5.26 Å². The molecule has 0 aromatic carbocycles. The maximum atomic E-state index is 12.2. The van der Waals surface area contributed by atoms with E-state index in [-0.39, 0.29) is 23.9 Å². The maximum absolute atomic E-state index is 12.2. The summed E-state index contributed by atoms with van der Waals surface area (Å²) in [5.41, 5.74) is 0.716. The second kappa shape index (κ2) is 5.52. The minimum absolute atomic E-state index is 0.0357. The van der Waals surface area contributed by atoms with Crippen LogP contribution in [0.25, 0.3) is 0 Å². The third-order valence-electron chi connectivity index (χ3n) is 4.02. The first kappa shape index (κ1) is 13.6. The van der Waals surface area contributed by atoms with E-state index in [1.807, 2.05) is 6.07 Å². The number of carbonyl (C=O) groups excluding carboxylic acids is 2. The molecule has 1 saturated heterocycles. The number of hydrogen-bond acceptors (Lipinski definition) is 4. The van der Waals surface area contributed by atoms with Gasteiger partial charge in [-0.05, 0) is 37.3 Å². The van der Waals surface area contributed by atoms with Crippen molar-refractivity contribution in [3.05, 3.63) is 29.6 Å². The molecule has 2 atom stereocenters. The Morgan fingerprint density at radius 3 is 2.81 bits per heavy atom. The van der Waals surface area contributed by atoms with Gasteiger partial charge in [0.25, 0.3) is 5.91 Å². The summed E-state index contributed by atoms with van der Waals surface area (Å²) in [5.74, 6) is 0.286. The summed E-state index contributed by atoms with van der Waals surface area (Å²) in [5, 5.41) is 14.7. The number of piperidine rings is 1. The van der Waals surface area contributed by atoms with Gasteiger partial charge < -0.3 is 10.6 Å². The second-order valence-electron chi connectivity index (χ2n) is 5.59. The Balaban J connectivity index is 1.67. The highest BCUT2D eigenvalue weighted by atomic mass is 16.2. The lowest BCUT2D eigenvalue weighted by Crippen LogP contribution is -2.56. The molecule has 1 aromatic rings. The van der Waals surface area contributed by atoms with E-state index in [0.717, 1.165) is 12.8 Å². The molecule has 2 aliphatic rings. The first-order valence-electron chi connectivity index (χ1n) is 7.14. The van der Waals surface area contributed by atoms with Crippen LogP contribution in [0.1, 0.15) is 41.7 Å². The van der Waals surface area contributed by atoms with Crippen LogP contribution in [0.2, 0.25) is 0 Å². The van der Waals surface area contributed by atoms with Crippen molar-refractivity contribution in [1.82, 2.24) is 15.6 Å². The SMILES string of the molecule is N#Cc1ccc(C(=O)N[C@@H]2CCC(=O)N[C@H]2C2CC2)nc1. The van der Waals surface area contributed by atoms with E-state index in [9.17, 15) is 9.59 Å². The molecular formula is C15H16N4O2. The van der Waals surface area contributed by atoms with E-state index in [1.165, 1.54) is 6.20 Å². The molecule has 2 fully saturated rings. The summed E-state index contributed by atoms with van der Waals surface area (Å²) in [6.07, 6.45) is 4.69. The highest BCUT2D eigenvalue weighted by molar-refractivity contribution is 5.92. The van der Waals surface area contributed by atoms with E-state index >= 15 is 0 Å². The second-order valence-corrected chi connectivity index (χ2v) is 5.59. The largest absolute Gasteiger partial charge is 0.351 e. The van der Waals surface area contributed by atoms with Crippen LogP contribution >= 0.6 is 0 Å². The number of nitriles is 1. The van der Waals surface area contributed by atoms with Crippen molar-refractivity contribution in [2.75, 3.05) is 0 Å². The van der Waals surface area contributed by atoms with Crippen LogP contribution < -0.4 is 10.6 Å². The monoisotopic (exact) mass is 284 g/mol. The standard InChI is InChI=1S/C15H16N4O2/c16-7-9-1-4-12(17-8-9)15(21)18-11-5-6-13(20)19-14(11)10-2-3-10/h1,4,8,10-11,14H,2-3,5-6H2,(H,18,21)(H,19,20)/t11-,14+/m1/s1. The Kier molecular flexibility index (Phi) is 3.57. The summed E-state index contributed by atoms with van der Waals surface area (Å²) in [6, 6.07) is 5.08. The molecule has 2 amide bonds. The van der Waals surface area contributed by atoms with Crippen molar-refractivity contribution in [2.24, 2.45) is 5.92 Å². The van der Waals surface area contributed by atoms with Gasteiger partial charge in [-0.15, -0.1) is 0 Å². The van der Waals surface area contributed by atoms with Gasteiger partial charge >= 0.3 is 0 Å². The highest BCUT2D eigenvalue weighted by Gasteiger charge is 2.40. The van der Waals surface area contributed by atoms with Gasteiger partial charge in [-0.1, -0.05) is 0 Å². The molecule has 108 valence electrons. The lowest BCUT2D eigenvalue weighted by atomic mass is 9.94. The summed E-state index contributed by atoms with van der Waals surface area (Å²) in [6.45, 7) is 0. The van der Waals surface area contributed by atoms with Gasteiger partial charge in [0.2, 0.25) is 5.91 Å². The smallest absolute Gasteiger partial charge is 0.270 e. The van der Waals surface area contributed by atoms with Gasteiger partial charge in [0.1, 0.15) is 11.8 Å². The zero-order chi connectivity index (χ0) is 14.8. The van der Waals surface area contributed by atoms with Crippen molar-refractivity contribution in [3.8, 4) is 6.07 Å². The fraction of sp³-hybridized carbons (Fsp3) is 0.467. The Morgan fingerprint density at radius 2 is 2.19 bits per heavy atom. The molecule has 0 unspecified atom stereocenters. The minimum Gasteiger partial charge on any atom is -0.351 e. The quantitative estimate of drug-likeness (QED) is 0.855. The topological polar surface area (TPSA) is 94.9 Å². The fourth-order valence-corrected chi connectivity index (χ4v) is 2.73. The summed E-state index contributed by atoms with van der Waals surface area (Å²) < 4.78 is 0. The molecule has 0 bridgehead atoms. The van der Waals surface area contributed by atoms with Crippen LogP contribution in [-0.2, 0) is 4.79 Å². The number of nitrogens with zero attached hydrogens (tertiary/aromatic N) is 2. The lowest BCUT2D eigenvalue weighted by Gasteiger charge is -2.33. The lowest BCUT2D eigenvalue weighted by molar-refractivity contribution is -0.124. The zero-order valence-corrected chi connectivity index (χ0v) is 11.5. The van der Waals surface area contributed by atoms with Gasteiger partial charge in [-0.25, -0.2) is 4.98 Å². The number of nitrogens with one attached hydrogen (secondary N) is 2. The van der Waals surface area contributed by atoms with Crippen LogP contribution in [-0.4, -0.2) is 28.9 Å². The van der Waals surface area contributed by atoms with Gasteiger partial charge in [0, 0.05) is 12.6 Å². The molecule has 6 nitrogen and oxygen atoms in total. The molecule has 1 aliphatic heterocycles. The maximum Gasteiger partial charge on any atom is 0.270 e. The highest BCUT2D eigenvalue weighted by Crippen LogP contribution is 2.36. The first-order valence-corrected chi connectivity index (χ1v) is 7.14. The average molecular weight is 284 g/mol. The molecule has 1 aromatic heterocycles. The molecule has 2 heterocycles. The molecule has 21 heavy (non-hydrogen) atoms. The predicted octanol–water partition coefficient (Wildman–Crippen LogP) is 0.740. The van der Waals surface area contributed by atoms with E-state index in [2.05, 4.69) is 15.6 Å². The molecule has 1 saturated carbocycles. The number of aromatic nitrogens is 1. The average Bonchev–Trinajstić information content (AvgIpc) is 3.34. The van der Waals surface area contributed by atoms with Gasteiger partial charge in [0.15, 0.2) is 0 Å². The Hall–Kier alpha value is -2.42. The number of amides is 2. The van der Waals surface area contributed by atoms with Crippen molar-refractivity contribution in [2.45, 2.75) is 37.8 Å². The molecule has 2 N–H and O–H groups in total. The predicted molar refractivity (Wildman–Crippen MR) is 74.1 cm³/mol. The van der Waals surface area contributed by atoms with Crippen molar-refractivity contribution < 1.29 is 9.59 Å². The number of pyridine rings is 1. The zero-order valence-electron chi connectivity index (χ0n) is 11.5. The van der Waals surface area contributed by atoms with Crippen LogP contribution in [0.5, 0.6) is 0 Å². The first-order chi connectivity index (χ1) is 10.2. The van der Waals surface area contributed by atoms with Crippen LogP contribution in [0.4, 0.5) is 0 Å². The summed E-state index contributed by atoms with van der Waals surface area (Å²) in [4.78, 5) is 27.7. The minimum atomic E-state index is -0.258.